The van der Waals surface area contributed by atoms with E-state index < -0.39 is 12.1 Å². The van der Waals surface area contributed by atoms with Crippen LogP contribution in [0.5, 0.6) is 5.75 Å². The van der Waals surface area contributed by atoms with Gasteiger partial charge in [0.05, 0.1) is 42.3 Å². The Hall–Kier alpha value is -3.42. The maximum absolute atomic E-state index is 13.1. The zero-order valence-corrected chi connectivity index (χ0v) is 15.4. The summed E-state index contributed by atoms with van der Waals surface area (Å²) in [4.78, 5) is 23.7. The maximum Gasteiger partial charge on any atom is 0.231 e. The minimum absolute atomic E-state index is 0.291. The third kappa shape index (κ3) is 2.52. The van der Waals surface area contributed by atoms with Gasteiger partial charge in [-0.15, -0.1) is 0 Å². The van der Waals surface area contributed by atoms with Crippen LogP contribution in [0.15, 0.2) is 36.8 Å². The van der Waals surface area contributed by atoms with Gasteiger partial charge in [0.1, 0.15) is 17.5 Å². The number of H-pyrrole nitrogens is 1. The van der Waals surface area contributed by atoms with Crippen LogP contribution in [0.1, 0.15) is 6.42 Å². The average Bonchev–Trinajstić information content (AvgIpc) is 3.10. The molecule has 7 nitrogen and oxygen atoms in total. The third-order valence-electron chi connectivity index (χ3n) is 5.25. The number of halogens is 1. The molecule has 0 radical (unpaired) electrons. The molecule has 4 aromatic rings. The molecule has 1 saturated carbocycles. The molecule has 142 valence electrons. The smallest absolute Gasteiger partial charge is 0.231 e. The molecule has 2 atom stereocenters. The zero-order valence-electron chi connectivity index (χ0n) is 15.4. The van der Waals surface area contributed by atoms with Crippen LogP contribution in [0.25, 0.3) is 33.2 Å². The predicted octanol–water partition coefficient (Wildman–Crippen LogP) is 3.42. The van der Waals surface area contributed by atoms with Crippen molar-refractivity contribution >= 4 is 33.7 Å². The van der Waals surface area contributed by atoms with E-state index in [0.29, 0.717) is 18.0 Å². The summed E-state index contributed by atoms with van der Waals surface area (Å²) in [7, 11) is 3.57. The van der Waals surface area contributed by atoms with E-state index in [2.05, 4.69) is 20.3 Å². The lowest BCUT2D eigenvalue weighted by Gasteiger charge is -2.10. The number of aromatic amines is 1. The van der Waals surface area contributed by atoms with E-state index in [9.17, 15) is 9.18 Å². The SMILES string of the molecule is COc1c(-c2cc3cc(NC(=O)[C@@H]4C[C@@H]4F)ncc3n2C)ccc2[nH]cnc12. The molecule has 1 fully saturated rings. The first-order valence-electron chi connectivity index (χ1n) is 8.97. The molecule has 8 heteroatoms. The maximum atomic E-state index is 13.1. The van der Waals surface area contributed by atoms with E-state index in [1.807, 2.05) is 29.8 Å². The van der Waals surface area contributed by atoms with Crippen LogP contribution in [0.2, 0.25) is 0 Å². The van der Waals surface area contributed by atoms with Gasteiger partial charge in [0.25, 0.3) is 0 Å². The molecule has 1 aromatic carbocycles. The number of hydrogen-bond acceptors (Lipinski definition) is 4. The van der Waals surface area contributed by atoms with E-state index in [1.54, 1.807) is 25.7 Å². The number of ether oxygens (including phenoxy) is 1. The summed E-state index contributed by atoms with van der Waals surface area (Å²) < 4.78 is 20.7. The second kappa shape index (κ2) is 6.05. The molecule has 0 saturated heterocycles. The monoisotopic (exact) mass is 379 g/mol. The van der Waals surface area contributed by atoms with Crippen LogP contribution in [0, 0.1) is 5.92 Å². The summed E-state index contributed by atoms with van der Waals surface area (Å²) in [5, 5.41) is 3.62. The molecule has 1 aliphatic rings. The number of rotatable bonds is 4. The quantitative estimate of drug-likeness (QED) is 0.569. The topological polar surface area (TPSA) is 84.8 Å². The number of aromatic nitrogens is 4. The van der Waals surface area contributed by atoms with E-state index in [1.165, 1.54) is 0 Å². The lowest BCUT2D eigenvalue weighted by Crippen LogP contribution is -2.15. The van der Waals surface area contributed by atoms with Gasteiger partial charge in [-0.05, 0) is 30.7 Å². The van der Waals surface area contributed by atoms with Crippen molar-refractivity contribution in [1.82, 2.24) is 19.5 Å². The highest BCUT2D eigenvalue weighted by atomic mass is 19.1. The van der Waals surface area contributed by atoms with Crippen molar-refractivity contribution in [2.24, 2.45) is 13.0 Å². The minimum atomic E-state index is -1.03. The number of aryl methyl sites for hydroxylation is 1. The van der Waals surface area contributed by atoms with Gasteiger partial charge < -0.3 is 19.6 Å². The summed E-state index contributed by atoms with van der Waals surface area (Å²) >= 11 is 0. The minimum Gasteiger partial charge on any atom is -0.494 e. The fourth-order valence-corrected chi connectivity index (χ4v) is 3.60. The Morgan fingerprint density at radius 1 is 1.36 bits per heavy atom. The van der Waals surface area contributed by atoms with Crippen LogP contribution in [0.3, 0.4) is 0 Å². The first-order valence-corrected chi connectivity index (χ1v) is 8.97. The van der Waals surface area contributed by atoms with Crippen LogP contribution in [0.4, 0.5) is 10.2 Å². The van der Waals surface area contributed by atoms with Gasteiger partial charge in [-0.2, -0.15) is 0 Å². The highest BCUT2D eigenvalue weighted by molar-refractivity contribution is 5.97. The van der Waals surface area contributed by atoms with Gasteiger partial charge in [0.2, 0.25) is 5.91 Å². The van der Waals surface area contributed by atoms with Gasteiger partial charge in [0, 0.05) is 18.0 Å². The van der Waals surface area contributed by atoms with Crippen molar-refractivity contribution < 1.29 is 13.9 Å². The molecule has 28 heavy (non-hydrogen) atoms. The Morgan fingerprint density at radius 2 is 2.18 bits per heavy atom. The second-order valence-corrected chi connectivity index (χ2v) is 7.01. The predicted molar refractivity (Wildman–Crippen MR) is 104 cm³/mol. The number of amides is 1. The third-order valence-corrected chi connectivity index (χ3v) is 5.25. The molecule has 0 bridgehead atoms. The number of nitrogens with one attached hydrogen (secondary N) is 2. The van der Waals surface area contributed by atoms with Crippen molar-refractivity contribution in [3.05, 3.63) is 36.8 Å². The first kappa shape index (κ1) is 16.7. The van der Waals surface area contributed by atoms with Crippen molar-refractivity contribution in [2.45, 2.75) is 12.6 Å². The number of nitrogens with zero attached hydrogens (tertiary/aromatic N) is 3. The number of pyridine rings is 1. The number of methoxy groups -OCH3 is 1. The molecule has 5 rings (SSSR count). The van der Waals surface area contributed by atoms with Crippen LogP contribution in [-0.2, 0) is 11.8 Å². The van der Waals surface area contributed by atoms with E-state index in [4.69, 9.17) is 4.74 Å². The lowest BCUT2D eigenvalue weighted by atomic mass is 10.1. The summed E-state index contributed by atoms with van der Waals surface area (Å²) in [5.74, 6) is 0.243. The van der Waals surface area contributed by atoms with Gasteiger partial charge in [-0.1, -0.05) is 0 Å². The summed E-state index contributed by atoms with van der Waals surface area (Å²) in [6, 6.07) is 7.76. The second-order valence-electron chi connectivity index (χ2n) is 7.01. The van der Waals surface area contributed by atoms with E-state index in [-0.39, 0.29) is 5.91 Å². The van der Waals surface area contributed by atoms with Gasteiger partial charge in [-0.25, -0.2) is 14.4 Å². The van der Waals surface area contributed by atoms with Crippen molar-refractivity contribution in [3.63, 3.8) is 0 Å². The molecule has 3 aromatic heterocycles. The first-order chi connectivity index (χ1) is 13.6. The number of alkyl halides is 1. The number of benzene rings is 1. The normalized spacial score (nSPS) is 18.5. The number of carbonyl (C=O) groups is 1. The molecular formula is C20H18FN5O2. The molecule has 0 unspecified atom stereocenters. The van der Waals surface area contributed by atoms with E-state index >= 15 is 0 Å². The number of carbonyl (C=O) groups excluding carboxylic acids is 1. The molecule has 2 N–H and O–H groups in total. The molecule has 3 heterocycles. The van der Waals surface area contributed by atoms with Crippen molar-refractivity contribution in [1.29, 1.82) is 0 Å². The fraction of sp³-hybridized carbons (Fsp3) is 0.250. The van der Waals surface area contributed by atoms with Gasteiger partial charge >= 0.3 is 0 Å². The Bertz CT molecular complexity index is 1230. The number of fused-ring (bicyclic) bond motifs is 2. The number of anilines is 1. The average molecular weight is 379 g/mol. The molecule has 0 spiro atoms. The van der Waals surface area contributed by atoms with Crippen molar-refractivity contribution in [3.8, 4) is 17.0 Å². The standard InChI is InChI=1S/C20H18FN5O2/c1-26-15(11-3-4-14-18(19(11)28-2)24-9-23-14)5-10-6-17(22-8-16(10)26)25-20(27)12-7-13(12)21/h3-6,8-9,12-13H,7H2,1-2H3,(H,23,24)(H,22,25,27)/t12-,13+/m1/s1. The molecular weight excluding hydrogens is 361 g/mol. The number of hydrogen-bond donors (Lipinski definition) is 2. The van der Waals surface area contributed by atoms with Gasteiger partial charge in [0.15, 0.2) is 5.75 Å². The fourth-order valence-electron chi connectivity index (χ4n) is 3.60. The van der Waals surface area contributed by atoms with Crippen LogP contribution < -0.4 is 10.1 Å². The molecule has 1 aliphatic carbocycles. The van der Waals surface area contributed by atoms with E-state index in [0.717, 1.165) is 33.2 Å². The Labute approximate surface area is 159 Å². The molecule has 1 amide bonds. The van der Waals surface area contributed by atoms with Crippen molar-refractivity contribution in [2.75, 3.05) is 12.4 Å². The molecule has 0 aliphatic heterocycles. The van der Waals surface area contributed by atoms with Crippen LogP contribution >= 0.6 is 0 Å². The summed E-state index contributed by atoms with van der Waals surface area (Å²) in [5.41, 5.74) is 4.42. The largest absolute Gasteiger partial charge is 0.494 e. The summed E-state index contributed by atoms with van der Waals surface area (Å²) in [6.45, 7) is 0. The number of imidazole rings is 1. The van der Waals surface area contributed by atoms with Crippen LogP contribution in [-0.4, -0.2) is 38.7 Å². The Balaban J connectivity index is 1.57. The zero-order chi connectivity index (χ0) is 19.4. The highest BCUT2D eigenvalue weighted by Crippen LogP contribution is 2.38. The Kier molecular flexibility index (Phi) is 3.61. The highest BCUT2D eigenvalue weighted by Gasteiger charge is 2.43. The lowest BCUT2D eigenvalue weighted by molar-refractivity contribution is -0.117. The summed E-state index contributed by atoms with van der Waals surface area (Å²) in [6.07, 6.45) is 2.60. The van der Waals surface area contributed by atoms with Gasteiger partial charge in [-0.3, -0.25) is 4.79 Å². The Morgan fingerprint density at radius 3 is 2.93 bits per heavy atom.